The van der Waals surface area contributed by atoms with E-state index in [1.54, 1.807) is 6.92 Å². The van der Waals surface area contributed by atoms with Crippen molar-refractivity contribution in [3.05, 3.63) is 29.8 Å². The summed E-state index contributed by atoms with van der Waals surface area (Å²) in [5, 5.41) is 0. The van der Waals surface area contributed by atoms with E-state index in [4.69, 9.17) is 0 Å². The lowest BCUT2D eigenvalue weighted by atomic mass is 10.1. The van der Waals surface area contributed by atoms with Crippen molar-refractivity contribution in [2.75, 3.05) is 42.6 Å². The van der Waals surface area contributed by atoms with Gasteiger partial charge in [0.05, 0.1) is 0 Å². The number of benzene rings is 1. The molecule has 0 amide bonds. The van der Waals surface area contributed by atoms with Crippen molar-refractivity contribution in [1.82, 2.24) is 4.90 Å². The smallest absolute Gasteiger partial charge is 0.159 e. The van der Waals surface area contributed by atoms with Crippen LogP contribution in [-0.4, -0.2) is 54.4 Å². The van der Waals surface area contributed by atoms with E-state index in [0.29, 0.717) is 0 Å². The number of carbonyl (C=O) groups is 1. The SMILES string of the molecule is CC(=O)c1ccc(N2CCN([C@@H]3CCSC3)CC2)cc1. The summed E-state index contributed by atoms with van der Waals surface area (Å²) in [7, 11) is 0. The van der Waals surface area contributed by atoms with Gasteiger partial charge in [-0.25, -0.2) is 0 Å². The molecule has 2 aliphatic heterocycles. The van der Waals surface area contributed by atoms with E-state index in [2.05, 4.69) is 33.7 Å². The van der Waals surface area contributed by atoms with Crippen LogP contribution in [-0.2, 0) is 0 Å². The molecule has 3 rings (SSSR count). The highest BCUT2D eigenvalue weighted by molar-refractivity contribution is 7.99. The molecule has 2 heterocycles. The lowest BCUT2D eigenvalue weighted by Crippen LogP contribution is -2.50. The number of Topliss-reactive ketones (excluding diaryl/α,β-unsaturated/α-hetero) is 1. The first-order valence-corrected chi connectivity index (χ1v) is 8.57. The Morgan fingerprint density at radius 1 is 1.15 bits per heavy atom. The minimum atomic E-state index is 0.139. The Morgan fingerprint density at radius 2 is 1.85 bits per heavy atom. The Labute approximate surface area is 125 Å². The summed E-state index contributed by atoms with van der Waals surface area (Å²) in [6.07, 6.45) is 1.36. The molecule has 108 valence electrons. The molecule has 0 spiro atoms. The molecule has 2 aliphatic rings. The van der Waals surface area contributed by atoms with Crippen LogP contribution in [0.4, 0.5) is 5.69 Å². The summed E-state index contributed by atoms with van der Waals surface area (Å²) >= 11 is 2.09. The summed E-state index contributed by atoms with van der Waals surface area (Å²) in [6, 6.07) is 8.85. The van der Waals surface area contributed by atoms with Gasteiger partial charge in [-0.15, -0.1) is 0 Å². The average Bonchev–Trinajstić information content (AvgIpc) is 3.02. The van der Waals surface area contributed by atoms with Crippen LogP contribution in [0, 0.1) is 0 Å². The van der Waals surface area contributed by atoms with Crippen LogP contribution in [0.15, 0.2) is 24.3 Å². The lowest BCUT2D eigenvalue weighted by Gasteiger charge is -2.39. The van der Waals surface area contributed by atoms with E-state index < -0.39 is 0 Å². The van der Waals surface area contributed by atoms with Crippen molar-refractivity contribution in [2.45, 2.75) is 19.4 Å². The number of ketones is 1. The molecule has 20 heavy (non-hydrogen) atoms. The standard InChI is InChI=1S/C16H22N2OS/c1-13(19)14-2-4-15(5-3-14)17-7-9-18(10-8-17)16-6-11-20-12-16/h2-5,16H,6-12H2,1H3/t16-/m1/s1. The predicted octanol–water partition coefficient (Wildman–Crippen LogP) is 2.52. The molecule has 1 aromatic rings. The van der Waals surface area contributed by atoms with E-state index in [1.165, 1.54) is 36.7 Å². The molecule has 2 fully saturated rings. The predicted molar refractivity (Wildman–Crippen MR) is 86.0 cm³/mol. The minimum Gasteiger partial charge on any atom is -0.369 e. The maximum Gasteiger partial charge on any atom is 0.159 e. The van der Waals surface area contributed by atoms with Crippen LogP contribution in [0.25, 0.3) is 0 Å². The Morgan fingerprint density at radius 3 is 2.40 bits per heavy atom. The largest absolute Gasteiger partial charge is 0.369 e. The molecule has 0 radical (unpaired) electrons. The van der Waals surface area contributed by atoms with E-state index >= 15 is 0 Å². The Bertz CT molecular complexity index is 460. The summed E-state index contributed by atoms with van der Waals surface area (Å²) in [4.78, 5) is 16.4. The highest BCUT2D eigenvalue weighted by Crippen LogP contribution is 2.24. The Kier molecular flexibility index (Phi) is 4.32. The van der Waals surface area contributed by atoms with Crippen molar-refractivity contribution in [1.29, 1.82) is 0 Å². The molecule has 0 unspecified atom stereocenters. The second-order valence-corrected chi connectivity index (χ2v) is 6.79. The molecule has 0 N–H and O–H groups in total. The number of hydrogen-bond acceptors (Lipinski definition) is 4. The van der Waals surface area contributed by atoms with Crippen molar-refractivity contribution in [3.8, 4) is 0 Å². The van der Waals surface area contributed by atoms with Gasteiger partial charge in [0.1, 0.15) is 0 Å². The van der Waals surface area contributed by atoms with Gasteiger partial charge in [0.2, 0.25) is 0 Å². The van der Waals surface area contributed by atoms with Crippen molar-refractivity contribution >= 4 is 23.2 Å². The number of piperazine rings is 1. The minimum absolute atomic E-state index is 0.139. The van der Waals surface area contributed by atoms with Crippen LogP contribution < -0.4 is 4.90 Å². The highest BCUT2D eigenvalue weighted by atomic mass is 32.2. The zero-order valence-electron chi connectivity index (χ0n) is 12.0. The van der Waals surface area contributed by atoms with E-state index in [-0.39, 0.29) is 5.78 Å². The molecule has 3 nitrogen and oxygen atoms in total. The maximum atomic E-state index is 11.3. The summed E-state index contributed by atoms with van der Waals surface area (Å²) in [5.41, 5.74) is 2.05. The van der Waals surface area contributed by atoms with Gasteiger partial charge in [-0.3, -0.25) is 9.69 Å². The number of rotatable bonds is 3. The second kappa shape index (κ2) is 6.19. The topological polar surface area (TPSA) is 23.6 Å². The van der Waals surface area contributed by atoms with Gasteiger partial charge >= 0.3 is 0 Å². The molecule has 0 aromatic heterocycles. The third-order valence-corrected chi connectivity index (χ3v) is 5.52. The number of hydrogen-bond donors (Lipinski definition) is 0. The first-order valence-electron chi connectivity index (χ1n) is 7.42. The van der Waals surface area contributed by atoms with Crippen LogP contribution in [0.2, 0.25) is 0 Å². The first-order chi connectivity index (χ1) is 9.74. The summed E-state index contributed by atoms with van der Waals surface area (Å²) < 4.78 is 0. The van der Waals surface area contributed by atoms with Crippen LogP contribution in [0.3, 0.4) is 0 Å². The second-order valence-electron chi connectivity index (χ2n) is 5.64. The van der Waals surface area contributed by atoms with Gasteiger partial charge in [0.25, 0.3) is 0 Å². The van der Waals surface area contributed by atoms with Gasteiger partial charge in [-0.1, -0.05) is 0 Å². The van der Waals surface area contributed by atoms with Crippen LogP contribution >= 0.6 is 11.8 Å². The molecule has 4 heteroatoms. The van der Waals surface area contributed by atoms with Gasteiger partial charge in [-0.2, -0.15) is 11.8 Å². The zero-order chi connectivity index (χ0) is 13.9. The molecule has 0 saturated carbocycles. The van der Waals surface area contributed by atoms with E-state index in [0.717, 1.165) is 24.7 Å². The molecule has 1 aromatic carbocycles. The van der Waals surface area contributed by atoms with Crippen molar-refractivity contribution in [3.63, 3.8) is 0 Å². The number of anilines is 1. The fourth-order valence-electron chi connectivity index (χ4n) is 3.06. The summed E-state index contributed by atoms with van der Waals surface area (Å²) in [5.74, 6) is 2.78. The van der Waals surface area contributed by atoms with Crippen LogP contribution in [0.5, 0.6) is 0 Å². The highest BCUT2D eigenvalue weighted by Gasteiger charge is 2.26. The Balaban J connectivity index is 1.58. The third kappa shape index (κ3) is 3.01. The average molecular weight is 290 g/mol. The lowest BCUT2D eigenvalue weighted by molar-refractivity contribution is 0.101. The molecular weight excluding hydrogens is 268 g/mol. The Hall–Kier alpha value is -1.00. The number of thioether (sulfide) groups is 1. The fraction of sp³-hybridized carbons (Fsp3) is 0.562. The fourth-order valence-corrected chi connectivity index (χ4v) is 4.32. The molecule has 0 aliphatic carbocycles. The van der Waals surface area contributed by atoms with E-state index in [9.17, 15) is 4.79 Å². The van der Waals surface area contributed by atoms with Gasteiger partial charge in [0, 0.05) is 49.2 Å². The molecule has 0 bridgehead atoms. The van der Waals surface area contributed by atoms with Gasteiger partial charge in [0.15, 0.2) is 5.78 Å². The normalized spacial score (nSPS) is 24.1. The monoisotopic (exact) mass is 290 g/mol. The zero-order valence-corrected chi connectivity index (χ0v) is 12.9. The quantitative estimate of drug-likeness (QED) is 0.798. The molecule has 2 saturated heterocycles. The maximum absolute atomic E-state index is 11.3. The molecular formula is C16H22N2OS. The first kappa shape index (κ1) is 14.0. The molecule has 1 atom stereocenters. The number of nitrogens with zero attached hydrogens (tertiary/aromatic N) is 2. The summed E-state index contributed by atoms with van der Waals surface area (Å²) in [6.45, 7) is 6.15. The van der Waals surface area contributed by atoms with Gasteiger partial charge < -0.3 is 4.90 Å². The van der Waals surface area contributed by atoms with E-state index in [1.807, 2.05) is 12.1 Å². The van der Waals surface area contributed by atoms with Crippen molar-refractivity contribution < 1.29 is 4.79 Å². The third-order valence-electron chi connectivity index (χ3n) is 4.38. The number of carbonyl (C=O) groups excluding carboxylic acids is 1. The van der Waals surface area contributed by atoms with Gasteiger partial charge in [-0.05, 0) is 43.4 Å². The van der Waals surface area contributed by atoms with Crippen molar-refractivity contribution in [2.24, 2.45) is 0 Å². The van der Waals surface area contributed by atoms with Crippen LogP contribution in [0.1, 0.15) is 23.7 Å².